The van der Waals surface area contributed by atoms with E-state index in [2.05, 4.69) is 11.8 Å². The van der Waals surface area contributed by atoms with Crippen molar-refractivity contribution in [1.82, 2.24) is 4.90 Å². The van der Waals surface area contributed by atoms with Crippen LogP contribution in [0.25, 0.3) is 0 Å². The van der Waals surface area contributed by atoms with E-state index < -0.39 is 0 Å². The summed E-state index contributed by atoms with van der Waals surface area (Å²) in [5.74, 6) is 1.71. The lowest BCUT2D eigenvalue weighted by atomic mass is 9.89. The van der Waals surface area contributed by atoms with Crippen molar-refractivity contribution in [3.8, 4) is 11.5 Å². The van der Waals surface area contributed by atoms with Gasteiger partial charge >= 0.3 is 0 Å². The third-order valence-corrected chi connectivity index (χ3v) is 5.22. The minimum Gasteiger partial charge on any atom is -0.504 e. The van der Waals surface area contributed by atoms with E-state index in [9.17, 15) is 5.11 Å². The van der Waals surface area contributed by atoms with Crippen molar-refractivity contribution in [1.29, 1.82) is 0 Å². The summed E-state index contributed by atoms with van der Waals surface area (Å²) >= 11 is 0. The molecule has 3 rings (SSSR count). The number of ether oxygens (including phenoxy) is 1. The van der Waals surface area contributed by atoms with E-state index in [0.29, 0.717) is 11.8 Å². The maximum atomic E-state index is 9.74. The zero-order valence-corrected chi connectivity index (χ0v) is 12.5. The number of piperidine rings is 1. The Labute approximate surface area is 121 Å². The van der Waals surface area contributed by atoms with E-state index in [1.807, 2.05) is 12.1 Å². The highest BCUT2D eigenvalue weighted by Crippen LogP contribution is 2.41. The summed E-state index contributed by atoms with van der Waals surface area (Å²) < 4.78 is 5.24. The molecule has 1 aromatic carbocycles. The Morgan fingerprint density at radius 3 is 2.85 bits per heavy atom. The highest BCUT2D eigenvalue weighted by atomic mass is 16.5. The summed E-state index contributed by atoms with van der Waals surface area (Å²) in [6, 6.07) is 6.93. The number of phenols is 1. The van der Waals surface area contributed by atoms with Crippen molar-refractivity contribution in [3.05, 3.63) is 23.8 Å². The van der Waals surface area contributed by atoms with Gasteiger partial charge in [0.2, 0.25) is 0 Å². The summed E-state index contributed by atoms with van der Waals surface area (Å²) in [6.07, 6.45) is 6.88. The summed E-state index contributed by atoms with van der Waals surface area (Å²) in [5, 5.41) is 9.74. The Kier molecular flexibility index (Phi) is 3.88. The Hall–Kier alpha value is -1.22. The minimum absolute atomic E-state index is 0.223. The molecule has 3 atom stereocenters. The van der Waals surface area contributed by atoms with E-state index in [0.717, 1.165) is 12.0 Å². The van der Waals surface area contributed by atoms with E-state index in [4.69, 9.17) is 4.74 Å². The number of likely N-dealkylation sites (tertiary alicyclic amines) is 1. The van der Waals surface area contributed by atoms with Crippen LogP contribution in [0.4, 0.5) is 0 Å². The van der Waals surface area contributed by atoms with E-state index in [1.54, 1.807) is 13.2 Å². The molecule has 20 heavy (non-hydrogen) atoms. The fourth-order valence-electron chi connectivity index (χ4n) is 4.12. The van der Waals surface area contributed by atoms with Crippen LogP contribution in [-0.4, -0.2) is 29.7 Å². The molecule has 1 N–H and O–H groups in total. The van der Waals surface area contributed by atoms with E-state index >= 15 is 0 Å². The van der Waals surface area contributed by atoms with Crippen LogP contribution >= 0.6 is 0 Å². The van der Waals surface area contributed by atoms with Crippen LogP contribution in [0.2, 0.25) is 0 Å². The highest BCUT2D eigenvalue weighted by Gasteiger charge is 2.37. The first kappa shape index (κ1) is 13.7. The summed E-state index contributed by atoms with van der Waals surface area (Å²) in [5.41, 5.74) is 1.24. The van der Waals surface area contributed by atoms with Gasteiger partial charge in [-0.1, -0.05) is 12.5 Å². The summed E-state index contributed by atoms with van der Waals surface area (Å²) in [7, 11) is 1.61. The summed E-state index contributed by atoms with van der Waals surface area (Å²) in [6.45, 7) is 3.48. The third-order valence-electron chi connectivity index (χ3n) is 5.22. The van der Waals surface area contributed by atoms with Crippen molar-refractivity contribution in [2.45, 2.75) is 51.1 Å². The Balaban J connectivity index is 1.82. The highest BCUT2D eigenvalue weighted by molar-refractivity contribution is 5.42. The number of hydrogen-bond acceptors (Lipinski definition) is 3. The molecule has 110 valence electrons. The van der Waals surface area contributed by atoms with Gasteiger partial charge in [0.15, 0.2) is 11.5 Å². The van der Waals surface area contributed by atoms with Gasteiger partial charge in [-0.3, -0.25) is 4.90 Å². The second-order valence-electron chi connectivity index (χ2n) is 6.25. The van der Waals surface area contributed by atoms with Crippen LogP contribution in [0.5, 0.6) is 11.5 Å². The standard InChI is InChI=1S/C17H25NO2/c1-12(14-8-9-16(19)17(11-14)20-2)18-10-4-6-13-5-3-7-15(13)18/h8-9,11-13,15,19H,3-7,10H2,1-2H3. The Bertz CT molecular complexity index is 474. The Morgan fingerprint density at radius 2 is 2.05 bits per heavy atom. The molecule has 0 radical (unpaired) electrons. The topological polar surface area (TPSA) is 32.7 Å². The van der Waals surface area contributed by atoms with Gasteiger partial charge in [0.05, 0.1) is 7.11 Å². The normalized spacial score (nSPS) is 28.1. The number of rotatable bonds is 3. The molecule has 1 saturated heterocycles. The predicted octanol–water partition coefficient (Wildman–Crippen LogP) is 3.73. The first-order valence-electron chi connectivity index (χ1n) is 7.83. The SMILES string of the molecule is COc1cc(C(C)N2CCCC3CCCC32)ccc1O. The van der Waals surface area contributed by atoms with Gasteiger partial charge in [0.25, 0.3) is 0 Å². The molecule has 1 saturated carbocycles. The van der Waals surface area contributed by atoms with Crippen LogP contribution in [-0.2, 0) is 0 Å². The number of methoxy groups -OCH3 is 1. The summed E-state index contributed by atoms with van der Waals surface area (Å²) in [4.78, 5) is 2.67. The molecule has 1 aliphatic heterocycles. The number of nitrogens with zero attached hydrogens (tertiary/aromatic N) is 1. The number of aromatic hydroxyl groups is 1. The fourth-order valence-corrected chi connectivity index (χ4v) is 4.12. The van der Waals surface area contributed by atoms with Crippen molar-refractivity contribution in [3.63, 3.8) is 0 Å². The zero-order chi connectivity index (χ0) is 14.1. The predicted molar refractivity (Wildman–Crippen MR) is 80.1 cm³/mol. The lowest BCUT2D eigenvalue weighted by Gasteiger charge is -2.41. The molecular formula is C17H25NO2. The lowest BCUT2D eigenvalue weighted by Crippen LogP contribution is -2.43. The third kappa shape index (κ3) is 2.39. The molecule has 2 aliphatic rings. The second kappa shape index (κ2) is 5.65. The molecule has 3 heteroatoms. The van der Waals surface area contributed by atoms with Gasteiger partial charge in [-0.15, -0.1) is 0 Å². The first-order valence-corrected chi connectivity index (χ1v) is 7.83. The van der Waals surface area contributed by atoms with Gasteiger partial charge in [-0.2, -0.15) is 0 Å². The number of phenolic OH excluding ortho intramolecular Hbond substituents is 1. The van der Waals surface area contributed by atoms with Crippen molar-refractivity contribution in [2.75, 3.05) is 13.7 Å². The van der Waals surface area contributed by atoms with E-state index in [1.165, 1.54) is 44.2 Å². The first-order chi connectivity index (χ1) is 9.70. The molecular weight excluding hydrogens is 250 g/mol. The average Bonchev–Trinajstić information content (AvgIpc) is 2.95. The van der Waals surface area contributed by atoms with Crippen LogP contribution in [0.3, 0.4) is 0 Å². The largest absolute Gasteiger partial charge is 0.504 e. The van der Waals surface area contributed by atoms with Crippen LogP contribution < -0.4 is 4.74 Å². The zero-order valence-electron chi connectivity index (χ0n) is 12.5. The van der Waals surface area contributed by atoms with Crippen LogP contribution in [0.15, 0.2) is 18.2 Å². The number of benzene rings is 1. The van der Waals surface area contributed by atoms with Crippen molar-refractivity contribution in [2.24, 2.45) is 5.92 Å². The molecule has 1 heterocycles. The fraction of sp³-hybridized carbons (Fsp3) is 0.647. The molecule has 3 nitrogen and oxygen atoms in total. The maximum Gasteiger partial charge on any atom is 0.160 e. The molecule has 0 aromatic heterocycles. The van der Waals surface area contributed by atoms with E-state index in [-0.39, 0.29) is 5.75 Å². The van der Waals surface area contributed by atoms with Crippen molar-refractivity contribution < 1.29 is 9.84 Å². The smallest absolute Gasteiger partial charge is 0.160 e. The van der Waals surface area contributed by atoms with Gasteiger partial charge < -0.3 is 9.84 Å². The Morgan fingerprint density at radius 1 is 1.25 bits per heavy atom. The molecule has 1 aliphatic carbocycles. The number of fused-ring (bicyclic) bond motifs is 1. The van der Waals surface area contributed by atoms with Gasteiger partial charge in [0.1, 0.15) is 0 Å². The van der Waals surface area contributed by atoms with Gasteiger partial charge in [-0.05, 0) is 62.8 Å². The van der Waals surface area contributed by atoms with Gasteiger partial charge in [-0.25, -0.2) is 0 Å². The molecule has 0 spiro atoms. The molecule has 0 bridgehead atoms. The molecule has 2 fully saturated rings. The number of hydrogen-bond donors (Lipinski definition) is 1. The second-order valence-corrected chi connectivity index (χ2v) is 6.25. The average molecular weight is 275 g/mol. The lowest BCUT2D eigenvalue weighted by molar-refractivity contribution is 0.0744. The minimum atomic E-state index is 0.223. The molecule has 3 unspecified atom stereocenters. The monoisotopic (exact) mass is 275 g/mol. The van der Waals surface area contributed by atoms with Crippen molar-refractivity contribution >= 4 is 0 Å². The van der Waals surface area contributed by atoms with Gasteiger partial charge in [0, 0.05) is 12.1 Å². The quantitative estimate of drug-likeness (QED) is 0.912. The van der Waals surface area contributed by atoms with Crippen LogP contribution in [0, 0.1) is 5.92 Å². The molecule has 1 aromatic rings. The molecule has 0 amide bonds. The maximum absolute atomic E-state index is 9.74. The van der Waals surface area contributed by atoms with Crippen LogP contribution in [0.1, 0.15) is 50.6 Å².